The topological polar surface area (TPSA) is 72.9 Å². The Morgan fingerprint density at radius 2 is 2.05 bits per heavy atom. The van der Waals surface area contributed by atoms with E-state index in [0.29, 0.717) is 19.5 Å². The number of carbonyl (C=O) groups is 1. The third-order valence-electron chi connectivity index (χ3n) is 3.66. The van der Waals surface area contributed by atoms with Crippen molar-refractivity contribution in [2.75, 3.05) is 6.54 Å². The van der Waals surface area contributed by atoms with Crippen LogP contribution in [0.15, 0.2) is 42.6 Å². The minimum absolute atomic E-state index is 0.362. The summed E-state index contributed by atoms with van der Waals surface area (Å²) < 4.78 is 1.84. The van der Waals surface area contributed by atoms with Crippen LogP contribution in [-0.4, -0.2) is 22.2 Å². The third-order valence-corrected chi connectivity index (χ3v) is 3.66. The SMILES string of the molecule is CCNC(CCn1ccc(C)n1)(C(N)=O)c1ccccc1. The normalized spacial score (nSPS) is 13.8. The number of aromatic nitrogens is 2. The summed E-state index contributed by atoms with van der Waals surface area (Å²) in [6.45, 7) is 5.20. The van der Waals surface area contributed by atoms with E-state index in [1.165, 1.54) is 0 Å². The zero-order valence-corrected chi connectivity index (χ0v) is 12.5. The minimum Gasteiger partial charge on any atom is -0.368 e. The Bertz CT molecular complexity index is 593. The van der Waals surface area contributed by atoms with Crippen LogP contribution < -0.4 is 11.1 Å². The Hall–Kier alpha value is -2.14. The van der Waals surface area contributed by atoms with E-state index in [1.54, 1.807) is 0 Å². The van der Waals surface area contributed by atoms with Crippen LogP contribution >= 0.6 is 0 Å². The smallest absolute Gasteiger partial charge is 0.242 e. The van der Waals surface area contributed by atoms with E-state index in [2.05, 4.69) is 10.4 Å². The van der Waals surface area contributed by atoms with Crippen LogP contribution in [0.25, 0.3) is 0 Å². The number of carbonyl (C=O) groups excluding carboxylic acids is 1. The van der Waals surface area contributed by atoms with Crippen LogP contribution in [-0.2, 0) is 16.9 Å². The molecule has 0 aliphatic rings. The Morgan fingerprint density at radius 3 is 2.57 bits per heavy atom. The molecular weight excluding hydrogens is 264 g/mol. The Kier molecular flexibility index (Phi) is 4.75. The van der Waals surface area contributed by atoms with Gasteiger partial charge in [0, 0.05) is 12.7 Å². The van der Waals surface area contributed by atoms with Crippen molar-refractivity contribution in [1.29, 1.82) is 0 Å². The zero-order chi connectivity index (χ0) is 15.3. The fourth-order valence-corrected chi connectivity index (χ4v) is 2.58. The molecule has 1 heterocycles. The van der Waals surface area contributed by atoms with Crippen molar-refractivity contribution in [1.82, 2.24) is 15.1 Å². The summed E-state index contributed by atoms with van der Waals surface area (Å²) in [7, 11) is 0. The molecule has 0 fully saturated rings. The van der Waals surface area contributed by atoms with Gasteiger partial charge in [0.2, 0.25) is 5.91 Å². The molecule has 21 heavy (non-hydrogen) atoms. The van der Waals surface area contributed by atoms with E-state index in [9.17, 15) is 4.79 Å². The van der Waals surface area contributed by atoms with E-state index in [-0.39, 0.29) is 5.91 Å². The van der Waals surface area contributed by atoms with E-state index in [4.69, 9.17) is 5.73 Å². The minimum atomic E-state index is -0.865. The lowest BCUT2D eigenvalue weighted by molar-refractivity contribution is -0.125. The maximum absolute atomic E-state index is 12.2. The number of primary amides is 1. The number of rotatable bonds is 7. The summed E-state index contributed by atoms with van der Waals surface area (Å²) in [6.07, 6.45) is 2.47. The van der Waals surface area contributed by atoms with Crippen molar-refractivity contribution in [3.8, 4) is 0 Å². The van der Waals surface area contributed by atoms with E-state index < -0.39 is 5.54 Å². The van der Waals surface area contributed by atoms with Gasteiger partial charge in [-0.15, -0.1) is 0 Å². The third kappa shape index (κ3) is 3.31. The highest BCUT2D eigenvalue weighted by molar-refractivity contribution is 5.86. The lowest BCUT2D eigenvalue weighted by Gasteiger charge is -2.32. The van der Waals surface area contributed by atoms with Crippen molar-refractivity contribution >= 4 is 5.91 Å². The summed E-state index contributed by atoms with van der Waals surface area (Å²) in [5.74, 6) is -0.362. The summed E-state index contributed by atoms with van der Waals surface area (Å²) in [5.41, 5.74) is 6.72. The molecule has 0 aliphatic carbocycles. The molecule has 0 saturated carbocycles. The van der Waals surface area contributed by atoms with Crippen LogP contribution in [0.2, 0.25) is 0 Å². The average molecular weight is 286 g/mol. The molecule has 3 N–H and O–H groups in total. The first-order valence-corrected chi connectivity index (χ1v) is 7.19. The monoisotopic (exact) mass is 286 g/mol. The first-order chi connectivity index (χ1) is 10.1. The number of benzene rings is 1. The maximum atomic E-state index is 12.2. The van der Waals surface area contributed by atoms with Crippen molar-refractivity contribution in [2.24, 2.45) is 5.73 Å². The summed E-state index contributed by atoms with van der Waals surface area (Å²) >= 11 is 0. The van der Waals surface area contributed by atoms with Gasteiger partial charge < -0.3 is 5.73 Å². The highest BCUT2D eigenvalue weighted by Gasteiger charge is 2.37. The highest BCUT2D eigenvalue weighted by atomic mass is 16.1. The molecule has 5 nitrogen and oxygen atoms in total. The van der Waals surface area contributed by atoms with Crippen LogP contribution in [0.3, 0.4) is 0 Å². The molecule has 1 aromatic carbocycles. The molecule has 0 bridgehead atoms. The van der Waals surface area contributed by atoms with Gasteiger partial charge in [0.1, 0.15) is 5.54 Å². The molecule has 2 aromatic rings. The number of hydrogen-bond acceptors (Lipinski definition) is 3. The van der Waals surface area contributed by atoms with Crippen LogP contribution in [0, 0.1) is 6.92 Å². The number of nitrogens with one attached hydrogen (secondary N) is 1. The molecule has 112 valence electrons. The van der Waals surface area contributed by atoms with Gasteiger partial charge >= 0.3 is 0 Å². The number of amides is 1. The van der Waals surface area contributed by atoms with Gasteiger partial charge in [0.25, 0.3) is 0 Å². The Balaban J connectivity index is 2.28. The molecule has 1 atom stereocenters. The van der Waals surface area contributed by atoms with Crippen molar-refractivity contribution in [3.05, 3.63) is 53.9 Å². The van der Waals surface area contributed by atoms with Gasteiger partial charge in [-0.3, -0.25) is 14.8 Å². The molecule has 0 aliphatic heterocycles. The lowest BCUT2D eigenvalue weighted by atomic mass is 9.85. The fourth-order valence-electron chi connectivity index (χ4n) is 2.58. The molecule has 1 amide bonds. The van der Waals surface area contributed by atoms with Gasteiger partial charge in [0.15, 0.2) is 0 Å². The molecule has 1 aromatic heterocycles. The summed E-state index contributed by atoms with van der Waals surface area (Å²) in [5, 5.41) is 7.64. The van der Waals surface area contributed by atoms with E-state index >= 15 is 0 Å². The standard InChI is InChI=1S/C16H22N4O/c1-3-18-16(15(17)21,14-7-5-4-6-8-14)10-12-20-11-9-13(2)19-20/h4-9,11,18H,3,10,12H2,1-2H3,(H2,17,21). The second-order valence-corrected chi connectivity index (χ2v) is 5.14. The maximum Gasteiger partial charge on any atom is 0.242 e. The largest absolute Gasteiger partial charge is 0.368 e. The predicted molar refractivity (Wildman–Crippen MR) is 82.6 cm³/mol. The van der Waals surface area contributed by atoms with Gasteiger partial charge in [0.05, 0.1) is 5.69 Å². The highest BCUT2D eigenvalue weighted by Crippen LogP contribution is 2.25. The number of aryl methyl sites for hydroxylation is 2. The Morgan fingerprint density at radius 1 is 1.33 bits per heavy atom. The quantitative estimate of drug-likeness (QED) is 0.811. The molecule has 0 saturated heterocycles. The lowest BCUT2D eigenvalue weighted by Crippen LogP contribution is -2.53. The molecule has 5 heteroatoms. The second kappa shape index (κ2) is 6.54. The second-order valence-electron chi connectivity index (χ2n) is 5.14. The van der Waals surface area contributed by atoms with E-state index in [1.807, 2.05) is 61.1 Å². The van der Waals surface area contributed by atoms with E-state index in [0.717, 1.165) is 11.3 Å². The van der Waals surface area contributed by atoms with Crippen molar-refractivity contribution < 1.29 is 4.79 Å². The Labute approximate surface area is 125 Å². The summed E-state index contributed by atoms with van der Waals surface area (Å²) in [6, 6.07) is 11.6. The molecular formula is C16H22N4O. The molecule has 2 rings (SSSR count). The predicted octanol–water partition coefficient (Wildman–Crippen LogP) is 1.57. The number of likely N-dealkylation sites (N-methyl/N-ethyl adjacent to an activating group) is 1. The van der Waals surface area contributed by atoms with Gasteiger partial charge in [-0.1, -0.05) is 37.3 Å². The zero-order valence-electron chi connectivity index (χ0n) is 12.5. The first-order valence-electron chi connectivity index (χ1n) is 7.19. The summed E-state index contributed by atoms with van der Waals surface area (Å²) in [4.78, 5) is 12.2. The van der Waals surface area contributed by atoms with Gasteiger partial charge in [-0.2, -0.15) is 5.10 Å². The first kappa shape index (κ1) is 15.3. The van der Waals surface area contributed by atoms with Gasteiger partial charge in [-0.25, -0.2) is 0 Å². The van der Waals surface area contributed by atoms with Crippen molar-refractivity contribution in [3.63, 3.8) is 0 Å². The van der Waals surface area contributed by atoms with Crippen LogP contribution in [0.5, 0.6) is 0 Å². The number of nitrogens with two attached hydrogens (primary N) is 1. The van der Waals surface area contributed by atoms with Crippen molar-refractivity contribution in [2.45, 2.75) is 32.4 Å². The fraction of sp³-hybridized carbons (Fsp3) is 0.375. The van der Waals surface area contributed by atoms with Crippen LogP contribution in [0.4, 0.5) is 0 Å². The molecule has 0 radical (unpaired) electrons. The number of nitrogens with zero attached hydrogens (tertiary/aromatic N) is 2. The number of hydrogen-bond donors (Lipinski definition) is 2. The average Bonchev–Trinajstić information content (AvgIpc) is 2.90. The molecule has 1 unspecified atom stereocenters. The van der Waals surface area contributed by atoms with Gasteiger partial charge in [-0.05, 0) is 31.5 Å². The van der Waals surface area contributed by atoms with Crippen LogP contribution in [0.1, 0.15) is 24.6 Å². The molecule has 0 spiro atoms.